The first-order chi connectivity index (χ1) is 14.7. The highest BCUT2D eigenvalue weighted by molar-refractivity contribution is 5.96. The molecule has 2 aliphatic rings. The van der Waals surface area contributed by atoms with Crippen LogP contribution in [0.4, 0.5) is 5.69 Å². The summed E-state index contributed by atoms with van der Waals surface area (Å²) < 4.78 is 11.6. The van der Waals surface area contributed by atoms with Crippen LogP contribution in [-0.4, -0.2) is 79.7 Å². The number of likely N-dealkylation sites (tertiary alicyclic amines) is 1. The number of aliphatic hydroxyl groups is 2. The molecule has 1 fully saturated rings. The fourth-order valence-corrected chi connectivity index (χ4v) is 3.88. The number of nitrogens with one attached hydrogen (secondary N) is 2. The van der Waals surface area contributed by atoms with Gasteiger partial charge in [-0.15, -0.1) is 0 Å². The number of benzene rings is 1. The molecular weight excluding hydrogens is 386 g/mol. The number of fused-ring (bicyclic) bond motifs is 1. The smallest absolute Gasteiger partial charge is 0.224 e. The van der Waals surface area contributed by atoms with Crippen molar-refractivity contribution in [2.24, 2.45) is 0 Å². The van der Waals surface area contributed by atoms with Gasteiger partial charge in [0.05, 0.1) is 12.3 Å². The van der Waals surface area contributed by atoms with E-state index in [1.54, 1.807) is 6.07 Å². The first-order valence-corrected chi connectivity index (χ1v) is 11.1. The molecule has 8 nitrogen and oxygen atoms in total. The Hall–Kier alpha value is -1.87. The van der Waals surface area contributed by atoms with Gasteiger partial charge < -0.3 is 35.2 Å². The van der Waals surface area contributed by atoms with Crippen molar-refractivity contribution in [3.63, 3.8) is 0 Å². The third-order valence-electron chi connectivity index (χ3n) is 5.50. The summed E-state index contributed by atoms with van der Waals surface area (Å²) in [5, 5.41) is 25.3. The van der Waals surface area contributed by atoms with Crippen LogP contribution in [0.5, 0.6) is 11.5 Å². The van der Waals surface area contributed by atoms with E-state index in [1.807, 2.05) is 6.07 Å². The van der Waals surface area contributed by atoms with Gasteiger partial charge in [0.1, 0.15) is 24.2 Å². The third-order valence-corrected chi connectivity index (χ3v) is 5.50. The molecule has 1 saturated heterocycles. The topological polar surface area (TPSA) is 103 Å². The number of carbonyl (C=O) groups excluding carboxylic acids is 1. The molecule has 1 unspecified atom stereocenters. The average Bonchev–Trinajstić information content (AvgIpc) is 3.26. The van der Waals surface area contributed by atoms with E-state index in [4.69, 9.17) is 14.6 Å². The van der Waals surface area contributed by atoms with Gasteiger partial charge in [-0.05, 0) is 64.0 Å². The molecule has 1 atom stereocenters. The lowest BCUT2D eigenvalue weighted by atomic mass is 10.0. The maximum atomic E-state index is 11.8. The van der Waals surface area contributed by atoms with Crippen LogP contribution in [0, 0.1) is 0 Å². The highest BCUT2D eigenvalue weighted by atomic mass is 16.5. The third kappa shape index (κ3) is 6.84. The van der Waals surface area contributed by atoms with Crippen LogP contribution in [0.2, 0.25) is 0 Å². The van der Waals surface area contributed by atoms with Crippen molar-refractivity contribution < 1.29 is 24.5 Å². The molecule has 8 heteroatoms. The summed E-state index contributed by atoms with van der Waals surface area (Å²) in [6.45, 7) is 5.53. The minimum absolute atomic E-state index is 0.0511. The second kappa shape index (κ2) is 12.1. The molecule has 30 heavy (non-hydrogen) atoms. The molecule has 0 bridgehead atoms. The van der Waals surface area contributed by atoms with E-state index >= 15 is 0 Å². The molecule has 0 spiro atoms. The largest absolute Gasteiger partial charge is 0.491 e. The number of amides is 1. The van der Waals surface area contributed by atoms with Gasteiger partial charge in [-0.2, -0.15) is 0 Å². The van der Waals surface area contributed by atoms with Gasteiger partial charge >= 0.3 is 0 Å². The number of carbonyl (C=O) groups is 1. The Labute approximate surface area is 178 Å². The fraction of sp³-hybridized carbons (Fsp3) is 0.682. The van der Waals surface area contributed by atoms with E-state index in [1.165, 1.54) is 25.9 Å². The zero-order valence-electron chi connectivity index (χ0n) is 17.7. The molecule has 168 valence electrons. The summed E-state index contributed by atoms with van der Waals surface area (Å²) in [5.74, 6) is 1.19. The Bertz CT molecular complexity index is 679. The molecular formula is C22H35N3O5. The van der Waals surface area contributed by atoms with Crippen LogP contribution in [0.3, 0.4) is 0 Å². The standard InChI is InChI=1S/C22H35N3O5/c26-13-4-14-29-20-7-6-19(18-5-8-21(28)24-22(18)20)30-16-17(27)15-23-9-3-12-25-10-1-2-11-25/h6-7,17,23,26-27H,1-5,8-16H2,(H,24,28). The molecule has 3 rings (SSSR count). The first-order valence-electron chi connectivity index (χ1n) is 11.1. The van der Waals surface area contributed by atoms with Crippen LogP contribution < -0.4 is 20.1 Å². The fourth-order valence-electron chi connectivity index (χ4n) is 3.88. The summed E-state index contributed by atoms with van der Waals surface area (Å²) in [4.78, 5) is 14.3. The number of ether oxygens (including phenoxy) is 2. The minimum atomic E-state index is -0.605. The van der Waals surface area contributed by atoms with E-state index in [0.29, 0.717) is 49.6 Å². The number of nitrogens with zero attached hydrogens (tertiary/aromatic N) is 1. The molecule has 1 amide bonds. The molecule has 4 N–H and O–H groups in total. The normalized spacial score (nSPS) is 17.5. The summed E-state index contributed by atoms with van der Waals surface area (Å²) >= 11 is 0. The second-order valence-electron chi connectivity index (χ2n) is 7.96. The van der Waals surface area contributed by atoms with Crippen LogP contribution in [0.25, 0.3) is 0 Å². The summed E-state index contributed by atoms with van der Waals surface area (Å²) in [6.07, 6.45) is 4.59. The van der Waals surface area contributed by atoms with Crippen molar-refractivity contribution in [1.29, 1.82) is 0 Å². The van der Waals surface area contributed by atoms with Gasteiger partial charge in [0.15, 0.2) is 0 Å². The highest BCUT2D eigenvalue weighted by Gasteiger charge is 2.23. The quantitative estimate of drug-likeness (QED) is 0.354. The van der Waals surface area contributed by atoms with E-state index in [0.717, 1.165) is 25.1 Å². The van der Waals surface area contributed by atoms with Gasteiger partial charge in [0.25, 0.3) is 0 Å². The lowest BCUT2D eigenvalue weighted by molar-refractivity contribution is -0.116. The summed E-state index contributed by atoms with van der Waals surface area (Å²) in [5.41, 5.74) is 1.53. The van der Waals surface area contributed by atoms with Crippen molar-refractivity contribution in [3.05, 3.63) is 17.7 Å². The number of anilines is 1. The molecule has 0 saturated carbocycles. The van der Waals surface area contributed by atoms with Gasteiger partial charge in [0.2, 0.25) is 5.91 Å². The zero-order chi connectivity index (χ0) is 21.2. The van der Waals surface area contributed by atoms with Crippen molar-refractivity contribution in [2.75, 3.05) is 57.9 Å². The molecule has 0 aliphatic carbocycles. The van der Waals surface area contributed by atoms with E-state index in [2.05, 4.69) is 15.5 Å². The highest BCUT2D eigenvalue weighted by Crippen LogP contribution is 2.39. The maximum absolute atomic E-state index is 11.8. The number of hydrogen-bond acceptors (Lipinski definition) is 7. The Balaban J connectivity index is 1.44. The van der Waals surface area contributed by atoms with Crippen LogP contribution in [0.1, 0.15) is 37.7 Å². The molecule has 0 radical (unpaired) electrons. The van der Waals surface area contributed by atoms with E-state index < -0.39 is 6.10 Å². The van der Waals surface area contributed by atoms with Crippen LogP contribution in [-0.2, 0) is 11.2 Å². The van der Waals surface area contributed by atoms with Crippen molar-refractivity contribution in [2.45, 2.75) is 44.6 Å². The monoisotopic (exact) mass is 421 g/mol. The summed E-state index contributed by atoms with van der Waals surface area (Å²) in [7, 11) is 0. The molecule has 2 heterocycles. The van der Waals surface area contributed by atoms with Crippen molar-refractivity contribution in [1.82, 2.24) is 10.2 Å². The van der Waals surface area contributed by atoms with Gasteiger partial charge in [-0.25, -0.2) is 0 Å². The first kappa shape index (κ1) is 22.8. The van der Waals surface area contributed by atoms with E-state index in [-0.39, 0.29) is 19.1 Å². The Morgan fingerprint density at radius 2 is 1.93 bits per heavy atom. The van der Waals surface area contributed by atoms with Crippen LogP contribution >= 0.6 is 0 Å². The Morgan fingerprint density at radius 3 is 2.73 bits per heavy atom. The minimum Gasteiger partial charge on any atom is -0.491 e. The van der Waals surface area contributed by atoms with Crippen molar-refractivity contribution >= 4 is 11.6 Å². The maximum Gasteiger partial charge on any atom is 0.224 e. The molecule has 1 aromatic rings. The van der Waals surface area contributed by atoms with Gasteiger partial charge in [-0.1, -0.05) is 0 Å². The Kier molecular flexibility index (Phi) is 9.20. The lowest BCUT2D eigenvalue weighted by Gasteiger charge is -2.24. The number of aliphatic hydroxyl groups excluding tert-OH is 2. The van der Waals surface area contributed by atoms with E-state index in [9.17, 15) is 9.90 Å². The molecule has 0 aromatic heterocycles. The van der Waals surface area contributed by atoms with Gasteiger partial charge in [-0.3, -0.25) is 4.79 Å². The average molecular weight is 422 g/mol. The molecule has 1 aromatic carbocycles. The lowest BCUT2D eigenvalue weighted by Crippen LogP contribution is -2.33. The van der Waals surface area contributed by atoms with Crippen molar-refractivity contribution in [3.8, 4) is 11.5 Å². The molecule has 2 aliphatic heterocycles. The van der Waals surface area contributed by atoms with Crippen LogP contribution in [0.15, 0.2) is 12.1 Å². The number of rotatable bonds is 13. The second-order valence-corrected chi connectivity index (χ2v) is 7.96. The Morgan fingerprint density at radius 1 is 1.13 bits per heavy atom. The number of hydrogen-bond donors (Lipinski definition) is 4. The SMILES string of the molecule is O=C1CCc2c(OCC(O)CNCCCN3CCCC3)ccc(OCCCO)c2N1. The zero-order valence-corrected chi connectivity index (χ0v) is 17.7. The van der Waals surface area contributed by atoms with Gasteiger partial charge in [0, 0.05) is 31.6 Å². The predicted molar refractivity (Wildman–Crippen MR) is 115 cm³/mol. The predicted octanol–water partition coefficient (Wildman–Crippen LogP) is 1.15. The summed E-state index contributed by atoms with van der Waals surface area (Å²) in [6, 6.07) is 3.58.